The third kappa shape index (κ3) is 4.01. The van der Waals surface area contributed by atoms with Crippen molar-refractivity contribution in [3.63, 3.8) is 0 Å². The van der Waals surface area contributed by atoms with E-state index >= 15 is 0 Å². The fourth-order valence-electron chi connectivity index (χ4n) is 5.53. The maximum Gasteiger partial charge on any atom is 0.255 e. The normalized spacial score (nSPS) is 19.8. The molecule has 9 heteroatoms. The number of carbonyl (C=O) groups is 2. The minimum atomic E-state index is -0.868. The van der Waals surface area contributed by atoms with E-state index in [1.807, 2.05) is 32.9 Å². The van der Waals surface area contributed by atoms with Gasteiger partial charge in [-0.3, -0.25) is 9.59 Å². The SMILES string of the molecule is Cc1oc2c(C)c(Oc3ccnn4cc(C(=O)N5CC[C@](C)(O)C5)c(C)c34)ccc2c1C(=O)NC1CCC1. The number of likely N-dealkylation sites (tertiary alicyclic amines) is 1. The molecule has 1 saturated carbocycles. The van der Waals surface area contributed by atoms with Gasteiger partial charge in [0.1, 0.15) is 22.6 Å². The van der Waals surface area contributed by atoms with Crippen molar-refractivity contribution >= 4 is 28.3 Å². The molecule has 6 rings (SSSR count). The molecule has 1 atom stereocenters. The molecule has 0 spiro atoms. The summed E-state index contributed by atoms with van der Waals surface area (Å²) in [5, 5.41) is 18.6. The average molecular weight is 517 g/mol. The van der Waals surface area contributed by atoms with Crippen molar-refractivity contribution < 1.29 is 23.8 Å². The van der Waals surface area contributed by atoms with E-state index in [-0.39, 0.29) is 17.9 Å². The molecule has 1 aliphatic heterocycles. The quantitative estimate of drug-likeness (QED) is 0.399. The first-order valence-electron chi connectivity index (χ1n) is 13.1. The zero-order chi connectivity index (χ0) is 26.8. The predicted octanol–water partition coefficient (Wildman–Crippen LogP) is 4.68. The van der Waals surface area contributed by atoms with Crippen LogP contribution in [0.2, 0.25) is 0 Å². The van der Waals surface area contributed by atoms with Gasteiger partial charge in [-0.1, -0.05) is 0 Å². The van der Waals surface area contributed by atoms with Gasteiger partial charge in [-0.05, 0) is 71.1 Å². The van der Waals surface area contributed by atoms with Crippen molar-refractivity contribution in [3.8, 4) is 11.5 Å². The Hall–Kier alpha value is -3.85. The minimum Gasteiger partial charge on any atom is -0.460 e. The summed E-state index contributed by atoms with van der Waals surface area (Å²) in [6.45, 7) is 8.16. The van der Waals surface area contributed by atoms with E-state index in [1.54, 1.807) is 34.8 Å². The lowest BCUT2D eigenvalue weighted by molar-refractivity contribution is 0.0572. The van der Waals surface area contributed by atoms with Crippen LogP contribution in [0.15, 0.2) is 35.0 Å². The largest absolute Gasteiger partial charge is 0.460 e. The van der Waals surface area contributed by atoms with Gasteiger partial charge in [0, 0.05) is 42.3 Å². The first-order valence-corrected chi connectivity index (χ1v) is 13.1. The van der Waals surface area contributed by atoms with E-state index in [1.165, 1.54) is 0 Å². The molecule has 2 aliphatic rings. The van der Waals surface area contributed by atoms with Crippen LogP contribution in [-0.2, 0) is 0 Å². The lowest BCUT2D eigenvalue weighted by Crippen LogP contribution is -2.39. The third-order valence-corrected chi connectivity index (χ3v) is 7.98. The van der Waals surface area contributed by atoms with Crippen LogP contribution in [0, 0.1) is 20.8 Å². The molecular formula is C29H32N4O5. The molecule has 0 unspecified atom stereocenters. The molecule has 0 radical (unpaired) electrons. The van der Waals surface area contributed by atoms with Gasteiger partial charge in [0.15, 0.2) is 5.75 Å². The molecular weight excluding hydrogens is 484 g/mol. The van der Waals surface area contributed by atoms with Crippen LogP contribution in [0.4, 0.5) is 0 Å². The summed E-state index contributed by atoms with van der Waals surface area (Å²) in [5.74, 6) is 1.49. The van der Waals surface area contributed by atoms with Crippen molar-refractivity contribution in [2.45, 2.75) is 65.0 Å². The highest BCUT2D eigenvalue weighted by Crippen LogP contribution is 2.37. The number of fused-ring (bicyclic) bond motifs is 2. The van der Waals surface area contributed by atoms with Gasteiger partial charge < -0.3 is 24.5 Å². The number of hydrogen-bond acceptors (Lipinski definition) is 6. The van der Waals surface area contributed by atoms with Crippen LogP contribution in [-0.4, -0.2) is 56.2 Å². The van der Waals surface area contributed by atoms with Gasteiger partial charge in [0.2, 0.25) is 0 Å². The zero-order valence-corrected chi connectivity index (χ0v) is 22.1. The van der Waals surface area contributed by atoms with Crippen molar-refractivity contribution in [3.05, 3.63) is 58.6 Å². The van der Waals surface area contributed by atoms with Crippen LogP contribution >= 0.6 is 0 Å². The van der Waals surface area contributed by atoms with Crippen molar-refractivity contribution in [2.75, 3.05) is 13.1 Å². The van der Waals surface area contributed by atoms with Gasteiger partial charge in [-0.25, -0.2) is 4.52 Å². The zero-order valence-electron chi connectivity index (χ0n) is 22.1. The Morgan fingerprint density at radius 1 is 1.16 bits per heavy atom. The second kappa shape index (κ2) is 8.87. The molecule has 198 valence electrons. The molecule has 1 aromatic carbocycles. The molecule has 2 N–H and O–H groups in total. The van der Waals surface area contributed by atoms with E-state index in [9.17, 15) is 14.7 Å². The number of amides is 2. The number of nitrogens with one attached hydrogen (secondary N) is 1. The summed E-state index contributed by atoms with van der Waals surface area (Å²) in [6, 6.07) is 5.72. The molecule has 4 aromatic rings. The van der Waals surface area contributed by atoms with Gasteiger partial charge >= 0.3 is 0 Å². The maximum absolute atomic E-state index is 13.3. The van der Waals surface area contributed by atoms with Crippen LogP contribution in [0.5, 0.6) is 11.5 Å². The smallest absolute Gasteiger partial charge is 0.255 e. The summed E-state index contributed by atoms with van der Waals surface area (Å²) in [4.78, 5) is 27.9. The summed E-state index contributed by atoms with van der Waals surface area (Å²) in [7, 11) is 0. The number of carbonyl (C=O) groups excluding carboxylic acids is 2. The van der Waals surface area contributed by atoms with E-state index in [0.29, 0.717) is 59.0 Å². The van der Waals surface area contributed by atoms with Crippen molar-refractivity contribution in [2.24, 2.45) is 0 Å². The van der Waals surface area contributed by atoms with E-state index in [4.69, 9.17) is 9.15 Å². The van der Waals surface area contributed by atoms with E-state index < -0.39 is 5.60 Å². The highest BCUT2D eigenvalue weighted by molar-refractivity contribution is 6.08. The van der Waals surface area contributed by atoms with Gasteiger partial charge in [-0.2, -0.15) is 5.10 Å². The predicted molar refractivity (Wildman–Crippen MR) is 142 cm³/mol. The maximum atomic E-state index is 13.3. The average Bonchev–Trinajstić information content (AvgIpc) is 3.50. The topological polar surface area (TPSA) is 109 Å². The molecule has 1 aliphatic carbocycles. The monoisotopic (exact) mass is 516 g/mol. The summed E-state index contributed by atoms with van der Waals surface area (Å²) in [5.41, 5.74) is 3.08. The van der Waals surface area contributed by atoms with Crippen molar-refractivity contribution in [1.29, 1.82) is 0 Å². The Labute approximate surface area is 220 Å². The molecule has 2 fully saturated rings. The number of hydrogen-bond donors (Lipinski definition) is 2. The summed E-state index contributed by atoms with van der Waals surface area (Å²) < 4.78 is 14.1. The van der Waals surface area contributed by atoms with Gasteiger partial charge in [0.25, 0.3) is 11.8 Å². The Bertz CT molecular complexity index is 1590. The summed E-state index contributed by atoms with van der Waals surface area (Å²) in [6.07, 6.45) is 7.08. The Morgan fingerprint density at radius 3 is 2.63 bits per heavy atom. The standard InChI is InChI=1S/C29H32N4O5/c1-16-21(28(35)32-13-11-29(4,36)15-32)14-33-25(16)23(10-12-30-33)38-22-9-8-20-24(18(3)37-26(20)17(22)2)27(34)31-19-6-5-7-19/h8-10,12,14,19,36H,5-7,11,13,15H2,1-4H3,(H,31,34)/t29-/m0/s1. The third-order valence-electron chi connectivity index (χ3n) is 7.98. The van der Waals surface area contributed by atoms with Crippen LogP contribution in [0.25, 0.3) is 16.5 Å². The summed E-state index contributed by atoms with van der Waals surface area (Å²) >= 11 is 0. The number of furan rings is 1. The molecule has 0 bridgehead atoms. The second-order valence-electron chi connectivity index (χ2n) is 10.9. The van der Waals surface area contributed by atoms with Crippen molar-refractivity contribution in [1.82, 2.24) is 19.8 Å². The number of aryl methyl sites for hydroxylation is 3. The Kier molecular flexibility index (Phi) is 5.72. The highest BCUT2D eigenvalue weighted by atomic mass is 16.5. The fraction of sp³-hybridized carbons (Fsp3) is 0.414. The number of aromatic nitrogens is 2. The number of nitrogens with zero attached hydrogens (tertiary/aromatic N) is 3. The molecule has 3 aromatic heterocycles. The number of ether oxygens (including phenoxy) is 1. The van der Waals surface area contributed by atoms with Gasteiger partial charge in [0.05, 0.1) is 22.9 Å². The first kappa shape index (κ1) is 24.5. The molecule has 9 nitrogen and oxygen atoms in total. The Morgan fingerprint density at radius 2 is 1.95 bits per heavy atom. The van der Waals surface area contributed by atoms with E-state index in [0.717, 1.165) is 35.8 Å². The fourth-order valence-corrected chi connectivity index (χ4v) is 5.53. The van der Waals surface area contributed by atoms with Crippen LogP contribution in [0.1, 0.15) is 70.2 Å². The highest BCUT2D eigenvalue weighted by Gasteiger charge is 2.35. The van der Waals surface area contributed by atoms with Crippen LogP contribution in [0.3, 0.4) is 0 Å². The Balaban J connectivity index is 1.33. The lowest BCUT2D eigenvalue weighted by atomic mass is 9.93. The minimum absolute atomic E-state index is 0.101. The molecule has 4 heterocycles. The number of β-amino-alcohol motifs (C(OH)–C–C–N with tert-alkyl or cyclic N) is 1. The van der Waals surface area contributed by atoms with E-state index in [2.05, 4.69) is 10.4 Å². The number of benzene rings is 1. The molecule has 2 amide bonds. The molecule has 1 saturated heterocycles. The molecule has 38 heavy (non-hydrogen) atoms. The number of rotatable bonds is 5. The first-order chi connectivity index (χ1) is 18.1. The van der Waals surface area contributed by atoms with Gasteiger partial charge in [-0.15, -0.1) is 0 Å². The lowest BCUT2D eigenvalue weighted by Gasteiger charge is -2.26. The van der Waals surface area contributed by atoms with Crippen LogP contribution < -0.4 is 10.1 Å². The number of aliphatic hydroxyl groups is 1. The second-order valence-corrected chi connectivity index (χ2v) is 10.9.